The zero-order valence-electron chi connectivity index (χ0n) is 10.5. The van der Waals surface area contributed by atoms with Crippen molar-refractivity contribution in [1.29, 1.82) is 0 Å². The summed E-state index contributed by atoms with van der Waals surface area (Å²) in [5.41, 5.74) is 0.991. The van der Waals surface area contributed by atoms with Gasteiger partial charge in [0.1, 0.15) is 0 Å². The predicted octanol–water partition coefficient (Wildman–Crippen LogP) is 4.29. The molecule has 0 aliphatic carbocycles. The van der Waals surface area contributed by atoms with Gasteiger partial charge in [0.15, 0.2) is 0 Å². The second-order valence-electron chi connectivity index (χ2n) is 4.13. The van der Waals surface area contributed by atoms with E-state index >= 15 is 0 Å². The highest BCUT2D eigenvalue weighted by molar-refractivity contribution is 7.10. The van der Waals surface area contributed by atoms with Crippen LogP contribution < -0.4 is 5.32 Å². The first-order valence-corrected chi connectivity index (χ1v) is 7.18. The fourth-order valence-electron chi connectivity index (χ4n) is 1.66. The fourth-order valence-corrected chi connectivity index (χ4v) is 2.48. The van der Waals surface area contributed by atoms with E-state index in [2.05, 4.69) is 5.32 Å². The predicted molar refractivity (Wildman–Crippen MR) is 81.4 cm³/mol. The highest BCUT2D eigenvalue weighted by Crippen LogP contribution is 2.17. The molecule has 0 spiro atoms. The summed E-state index contributed by atoms with van der Waals surface area (Å²) in [6.45, 7) is 1.93. The molecule has 0 radical (unpaired) electrons. The summed E-state index contributed by atoms with van der Waals surface area (Å²) in [4.78, 5) is 12.8. The summed E-state index contributed by atoms with van der Waals surface area (Å²) >= 11 is 7.53. The maximum Gasteiger partial charge on any atom is 0.244 e. The monoisotopic (exact) mass is 291 g/mol. The molecule has 0 bridgehead atoms. The minimum absolute atomic E-state index is 0.0702. The van der Waals surface area contributed by atoms with Crippen LogP contribution in [0.5, 0.6) is 0 Å². The number of hydrogen-bond donors (Lipinski definition) is 1. The Morgan fingerprint density at radius 3 is 2.89 bits per heavy atom. The SMILES string of the molecule is CC(NC(=O)/C=C/c1cccs1)c1cccc(Cl)c1. The first-order chi connectivity index (χ1) is 9.15. The number of rotatable bonds is 4. The normalized spacial score (nSPS) is 12.5. The van der Waals surface area contributed by atoms with Crippen LogP contribution in [0, 0.1) is 0 Å². The van der Waals surface area contributed by atoms with E-state index in [-0.39, 0.29) is 11.9 Å². The van der Waals surface area contributed by atoms with Gasteiger partial charge in [-0.05, 0) is 42.1 Å². The van der Waals surface area contributed by atoms with Crippen molar-refractivity contribution in [3.05, 3.63) is 63.3 Å². The van der Waals surface area contributed by atoms with Crippen LogP contribution in [0.15, 0.2) is 47.9 Å². The molecule has 2 aromatic rings. The molecule has 1 aromatic heterocycles. The second kappa shape index (κ2) is 6.55. The Morgan fingerprint density at radius 1 is 1.37 bits per heavy atom. The van der Waals surface area contributed by atoms with Crippen molar-refractivity contribution >= 4 is 34.9 Å². The number of amides is 1. The van der Waals surface area contributed by atoms with E-state index in [1.807, 2.05) is 54.8 Å². The molecule has 2 nitrogen and oxygen atoms in total. The highest BCUT2D eigenvalue weighted by Gasteiger charge is 2.07. The Labute approximate surface area is 121 Å². The zero-order valence-corrected chi connectivity index (χ0v) is 12.0. The van der Waals surface area contributed by atoms with E-state index in [1.165, 1.54) is 0 Å². The number of halogens is 1. The third kappa shape index (κ3) is 4.23. The Balaban J connectivity index is 1.95. The van der Waals surface area contributed by atoms with Gasteiger partial charge in [-0.15, -0.1) is 11.3 Å². The van der Waals surface area contributed by atoms with E-state index in [9.17, 15) is 4.79 Å². The number of hydrogen-bond acceptors (Lipinski definition) is 2. The topological polar surface area (TPSA) is 29.1 Å². The summed E-state index contributed by atoms with van der Waals surface area (Å²) in [5, 5.41) is 5.56. The largest absolute Gasteiger partial charge is 0.346 e. The Bertz CT molecular complexity index is 578. The maximum absolute atomic E-state index is 11.8. The van der Waals surface area contributed by atoms with Gasteiger partial charge >= 0.3 is 0 Å². The molecule has 1 N–H and O–H groups in total. The summed E-state index contributed by atoms with van der Waals surface area (Å²) in [6.07, 6.45) is 3.36. The molecular formula is C15H14ClNOS. The lowest BCUT2D eigenvalue weighted by atomic mass is 10.1. The van der Waals surface area contributed by atoms with Crippen LogP contribution in [0.25, 0.3) is 6.08 Å². The van der Waals surface area contributed by atoms with Gasteiger partial charge in [0, 0.05) is 16.0 Å². The third-order valence-corrected chi connectivity index (χ3v) is 3.72. The first-order valence-electron chi connectivity index (χ1n) is 5.93. The van der Waals surface area contributed by atoms with Gasteiger partial charge in [0.05, 0.1) is 6.04 Å². The second-order valence-corrected chi connectivity index (χ2v) is 5.55. The molecule has 1 atom stereocenters. The molecular weight excluding hydrogens is 278 g/mol. The Morgan fingerprint density at radius 2 is 2.21 bits per heavy atom. The standard InChI is InChI=1S/C15H14ClNOS/c1-11(12-4-2-5-13(16)10-12)17-15(18)8-7-14-6-3-9-19-14/h2-11H,1H3,(H,17,18)/b8-7+. The molecule has 4 heteroatoms. The first kappa shape index (κ1) is 13.8. The van der Waals surface area contributed by atoms with Gasteiger partial charge in [0.2, 0.25) is 5.91 Å². The van der Waals surface area contributed by atoms with E-state index < -0.39 is 0 Å². The minimum Gasteiger partial charge on any atom is -0.346 e. The quantitative estimate of drug-likeness (QED) is 0.837. The molecule has 0 aliphatic rings. The number of thiophene rings is 1. The van der Waals surface area contributed by atoms with E-state index in [4.69, 9.17) is 11.6 Å². The molecule has 1 aromatic carbocycles. The third-order valence-electron chi connectivity index (χ3n) is 2.65. The van der Waals surface area contributed by atoms with Crippen LogP contribution in [-0.4, -0.2) is 5.91 Å². The molecule has 1 amide bonds. The molecule has 1 unspecified atom stereocenters. The van der Waals surface area contributed by atoms with Gasteiger partial charge in [-0.1, -0.05) is 29.8 Å². The molecule has 19 heavy (non-hydrogen) atoms. The minimum atomic E-state index is -0.110. The molecule has 1 heterocycles. The summed E-state index contributed by atoms with van der Waals surface area (Å²) in [5.74, 6) is -0.110. The van der Waals surface area contributed by atoms with Crippen molar-refractivity contribution in [2.45, 2.75) is 13.0 Å². The summed E-state index contributed by atoms with van der Waals surface area (Å²) in [6, 6.07) is 11.3. The van der Waals surface area contributed by atoms with Crippen LogP contribution in [0.4, 0.5) is 0 Å². The average Bonchev–Trinajstić information content (AvgIpc) is 2.89. The molecule has 0 fully saturated rings. The van der Waals surface area contributed by atoms with Crippen molar-refractivity contribution in [2.75, 3.05) is 0 Å². The Kier molecular flexibility index (Phi) is 4.77. The number of nitrogens with one attached hydrogen (secondary N) is 1. The summed E-state index contributed by atoms with van der Waals surface area (Å²) < 4.78 is 0. The molecule has 2 rings (SSSR count). The van der Waals surface area contributed by atoms with Crippen molar-refractivity contribution < 1.29 is 4.79 Å². The van der Waals surface area contributed by atoms with Crippen LogP contribution in [0.1, 0.15) is 23.4 Å². The van der Waals surface area contributed by atoms with Gasteiger partial charge < -0.3 is 5.32 Å². The number of carbonyl (C=O) groups is 1. The molecule has 0 saturated carbocycles. The molecule has 0 aliphatic heterocycles. The van der Waals surface area contributed by atoms with Gasteiger partial charge in [-0.3, -0.25) is 4.79 Å². The molecule has 0 saturated heterocycles. The maximum atomic E-state index is 11.8. The number of benzene rings is 1. The van der Waals surface area contributed by atoms with Crippen molar-refractivity contribution in [2.24, 2.45) is 0 Å². The van der Waals surface area contributed by atoms with E-state index in [0.29, 0.717) is 5.02 Å². The van der Waals surface area contributed by atoms with Crippen LogP contribution in [0.3, 0.4) is 0 Å². The van der Waals surface area contributed by atoms with Crippen molar-refractivity contribution in [3.63, 3.8) is 0 Å². The lowest BCUT2D eigenvalue weighted by molar-refractivity contribution is -0.117. The van der Waals surface area contributed by atoms with Crippen LogP contribution in [0.2, 0.25) is 5.02 Å². The zero-order chi connectivity index (χ0) is 13.7. The lowest BCUT2D eigenvalue weighted by Crippen LogP contribution is -2.24. The van der Waals surface area contributed by atoms with E-state index in [0.717, 1.165) is 10.4 Å². The smallest absolute Gasteiger partial charge is 0.244 e. The Hall–Kier alpha value is -1.58. The van der Waals surface area contributed by atoms with Gasteiger partial charge in [0.25, 0.3) is 0 Å². The fraction of sp³-hybridized carbons (Fsp3) is 0.133. The summed E-state index contributed by atoms with van der Waals surface area (Å²) in [7, 11) is 0. The highest BCUT2D eigenvalue weighted by atomic mass is 35.5. The lowest BCUT2D eigenvalue weighted by Gasteiger charge is -2.13. The van der Waals surface area contributed by atoms with Gasteiger partial charge in [-0.25, -0.2) is 0 Å². The van der Waals surface area contributed by atoms with Crippen molar-refractivity contribution in [3.8, 4) is 0 Å². The van der Waals surface area contributed by atoms with Crippen LogP contribution in [-0.2, 0) is 4.79 Å². The van der Waals surface area contributed by atoms with Crippen molar-refractivity contribution in [1.82, 2.24) is 5.32 Å². The molecule has 98 valence electrons. The average molecular weight is 292 g/mol. The van der Waals surface area contributed by atoms with Gasteiger partial charge in [-0.2, -0.15) is 0 Å². The van der Waals surface area contributed by atoms with Crippen LogP contribution >= 0.6 is 22.9 Å². The number of carbonyl (C=O) groups excluding carboxylic acids is 1. The van der Waals surface area contributed by atoms with E-state index in [1.54, 1.807) is 17.4 Å².